The van der Waals surface area contributed by atoms with Crippen molar-refractivity contribution < 1.29 is 4.42 Å². The van der Waals surface area contributed by atoms with Gasteiger partial charge >= 0.3 is 5.69 Å². The zero-order chi connectivity index (χ0) is 21.3. The zero-order valence-corrected chi connectivity index (χ0v) is 17.9. The standard InChI is InChI=1S/C20H18ClN5O3S/c1-24-15(10-17(27)25(2)20(24)28)12-30-19-23-22-18(13-5-7-14(21)8-6-13)26(19)11-16-4-3-9-29-16/h3-10H,11-12H2,1-2H3. The Labute approximate surface area is 180 Å². The smallest absolute Gasteiger partial charge is 0.330 e. The first-order valence-electron chi connectivity index (χ1n) is 9.04. The highest BCUT2D eigenvalue weighted by molar-refractivity contribution is 7.98. The molecule has 0 aliphatic rings. The molecule has 30 heavy (non-hydrogen) atoms. The molecule has 1 aromatic carbocycles. The normalized spacial score (nSPS) is 11.2. The Morgan fingerprint density at radius 2 is 1.83 bits per heavy atom. The molecule has 3 aromatic heterocycles. The number of furan rings is 1. The Balaban J connectivity index is 1.69. The van der Waals surface area contributed by atoms with Crippen LogP contribution in [0.25, 0.3) is 11.4 Å². The van der Waals surface area contributed by atoms with Gasteiger partial charge < -0.3 is 4.42 Å². The third kappa shape index (κ3) is 3.99. The van der Waals surface area contributed by atoms with E-state index in [1.54, 1.807) is 25.4 Å². The van der Waals surface area contributed by atoms with Crippen LogP contribution in [0.4, 0.5) is 0 Å². The molecule has 0 N–H and O–H groups in total. The van der Waals surface area contributed by atoms with Crippen LogP contribution in [0, 0.1) is 0 Å². The van der Waals surface area contributed by atoms with Crippen LogP contribution in [0.3, 0.4) is 0 Å². The highest BCUT2D eigenvalue weighted by Gasteiger charge is 2.17. The maximum atomic E-state index is 12.2. The van der Waals surface area contributed by atoms with Crippen LogP contribution < -0.4 is 11.2 Å². The maximum absolute atomic E-state index is 12.2. The molecule has 0 unspecified atom stereocenters. The molecular formula is C20H18ClN5O3S. The molecule has 154 valence electrons. The van der Waals surface area contributed by atoms with Gasteiger partial charge in [-0.1, -0.05) is 23.4 Å². The molecule has 0 aliphatic carbocycles. The number of rotatable bonds is 6. The van der Waals surface area contributed by atoms with E-state index in [1.807, 2.05) is 28.8 Å². The van der Waals surface area contributed by atoms with Gasteiger partial charge in [-0.3, -0.25) is 18.5 Å². The first-order valence-corrected chi connectivity index (χ1v) is 10.4. The van der Waals surface area contributed by atoms with Gasteiger partial charge in [0.05, 0.1) is 12.8 Å². The SMILES string of the molecule is Cn1c(CSc2nnc(-c3ccc(Cl)cc3)n2Cc2ccco2)cc(=O)n(C)c1=O. The number of benzene rings is 1. The number of halogens is 1. The lowest BCUT2D eigenvalue weighted by atomic mass is 10.2. The van der Waals surface area contributed by atoms with Gasteiger partial charge in [0.15, 0.2) is 11.0 Å². The van der Waals surface area contributed by atoms with Crippen molar-refractivity contribution in [3.63, 3.8) is 0 Å². The summed E-state index contributed by atoms with van der Waals surface area (Å²) in [6, 6.07) is 12.5. The Morgan fingerprint density at radius 1 is 1.07 bits per heavy atom. The third-order valence-corrected chi connectivity index (χ3v) is 5.94. The number of hydrogen-bond acceptors (Lipinski definition) is 6. The van der Waals surface area contributed by atoms with Crippen LogP contribution in [-0.2, 0) is 26.4 Å². The summed E-state index contributed by atoms with van der Waals surface area (Å²) in [5.41, 5.74) is 0.768. The van der Waals surface area contributed by atoms with Crippen LogP contribution in [0.5, 0.6) is 0 Å². The maximum Gasteiger partial charge on any atom is 0.330 e. The van der Waals surface area contributed by atoms with E-state index in [-0.39, 0.29) is 11.2 Å². The van der Waals surface area contributed by atoms with Crippen molar-refractivity contribution in [2.75, 3.05) is 0 Å². The topological polar surface area (TPSA) is 87.8 Å². The Morgan fingerprint density at radius 3 is 2.53 bits per heavy atom. The van der Waals surface area contributed by atoms with E-state index >= 15 is 0 Å². The number of thioether (sulfide) groups is 1. The fourth-order valence-electron chi connectivity index (χ4n) is 2.96. The van der Waals surface area contributed by atoms with Crippen LogP contribution in [0.1, 0.15) is 11.5 Å². The molecule has 3 heterocycles. The van der Waals surface area contributed by atoms with Crippen molar-refractivity contribution in [2.24, 2.45) is 14.1 Å². The summed E-state index contributed by atoms with van der Waals surface area (Å²) in [7, 11) is 3.10. The summed E-state index contributed by atoms with van der Waals surface area (Å²) < 4.78 is 9.97. The van der Waals surface area contributed by atoms with Gasteiger partial charge in [0.2, 0.25) is 0 Å². The van der Waals surface area contributed by atoms with Crippen molar-refractivity contribution in [2.45, 2.75) is 17.5 Å². The predicted molar refractivity (Wildman–Crippen MR) is 115 cm³/mol. The monoisotopic (exact) mass is 443 g/mol. The number of aromatic nitrogens is 5. The van der Waals surface area contributed by atoms with Crippen LogP contribution >= 0.6 is 23.4 Å². The van der Waals surface area contributed by atoms with Gasteiger partial charge in [-0.15, -0.1) is 10.2 Å². The molecule has 0 fully saturated rings. The second-order valence-corrected chi connectivity index (χ2v) is 8.02. The fourth-order valence-corrected chi connectivity index (χ4v) is 4.05. The Bertz CT molecular complexity index is 1290. The average molecular weight is 444 g/mol. The second kappa shape index (κ2) is 8.37. The molecule has 0 saturated heterocycles. The largest absolute Gasteiger partial charge is 0.467 e. The molecule has 4 aromatic rings. The molecule has 0 saturated carbocycles. The van der Waals surface area contributed by atoms with E-state index < -0.39 is 0 Å². The van der Waals surface area contributed by atoms with E-state index in [0.29, 0.717) is 34.0 Å². The van der Waals surface area contributed by atoms with E-state index in [4.69, 9.17) is 16.0 Å². The van der Waals surface area contributed by atoms with Crippen molar-refractivity contribution in [3.8, 4) is 11.4 Å². The minimum atomic E-state index is -0.364. The Hall–Kier alpha value is -3.04. The highest BCUT2D eigenvalue weighted by atomic mass is 35.5. The number of nitrogens with zero attached hydrogens (tertiary/aromatic N) is 5. The quantitative estimate of drug-likeness (QED) is 0.426. The molecule has 0 bridgehead atoms. The second-order valence-electron chi connectivity index (χ2n) is 6.64. The first kappa shape index (κ1) is 20.2. The van der Waals surface area contributed by atoms with Gasteiger partial charge in [-0.25, -0.2) is 4.79 Å². The highest BCUT2D eigenvalue weighted by Crippen LogP contribution is 2.27. The molecule has 0 amide bonds. The lowest BCUT2D eigenvalue weighted by molar-refractivity contribution is 0.485. The summed E-state index contributed by atoms with van der Waals surface area (Å²) in [5.74, 6) is 1.81. The van der Waals surface area contributed by atoms with E-state index in [2.05, 4.69) is 10.2 Å². The summed E-state index contributed by atoms with van der Waals surface area (Å²) in [4.78, 5) is 24.2. The summed E-state index contributed by atoms with van der Waals surface area (Å²) in [6.45, 7) is 0.440. The van der Waals surface area contributed by atoms with E-state index in [1.165, 1.54) is 29.4 Å². The third-order valence-electron chi connectivity index (χ3n) is 4.69. The molecule has 4 rings (SSSR count). The van der Waals surface area contributed by atoms with Gasteiger partial charge in [0.1, 0.15) is 5.76 Å². The van der Waals surface area contributed by atoms with Crippen LogP contribution in [0.15, 0.2) is 67.9 Å². The molecule has 0 radical (unpaired) electrons. The minimum absolute atomic E-state index is 0.340. The van der Waals surface area contributed by atoms with Gasteiger partial charge in [-0.2, -0.15) is 0 Å². The molecule has 8 nitrogen and oxygen atoms in total. The summed E-state index contributed by atoms with van der Waals surface area (Å²) in [6.07, 6.45) is 1.62. The molecule has 10 heteroatoms. The average Bonchev–Trinajstić information content (AvgIpc) is 3.39. The molecule has 0 atom stereocenters. The van der Waals surface area contributed by atoms with Crippen LogP contribution in [0.2, 0.25) is 5.02 Å². The van der Waals surface area contributed by atoms with Crippen molar-refractivity contribution in [1.29, 1.82) is 0 Å². The lowest BCUT2D eigenvalue weighted by Crippen LogP contribution is -2.37. The zero-order valence-electron chi connectivity index (χ0n) is 16.3. The van der Waals surface area contributed by atoms with Crippen molar-refractivity contribution in [1.82, 2.24) is 23.9 Å². The summed E-state index contributed by atoms with van der Waals surface area (Å²) in [5, 5.41) is 9.97. The van der Waals surface area contributed by atoms with Gasteiger partial charge in [0, 0.05) is 42.2 Å². The molecular weight excluding hydrogens is 426 g/mol. The van der Waals surface area contributed by atoms with E-state index in [0.717, 1.165) is 15.9 Å². The van der Waals surface area contributed by atoms with Crippen molar-refractivity contribution in [3.05, 3.63) is 86.0 Å². The lowest BCUT2D eigenvalue weighted by Gasteiger charge is -2.11. The fraction of sp³-hybridized carbons (Fsp3) is 0.200. The molecule has 0 aliphatic heterocycles. The van der Waals surface area contributed by atoms with Crippen LogP contribution in [-0.4, -0.2) is 23.9 Å². The van der Waals surface area contributed by atoms with E-state index in [9.17, 15) is 9.59 Å². The molecule has 0 spiro atoms. The summed E-state index contributed by atoms with van der Waals surface area (Å²) >= 11 is 7.40. The van der Waals surface area contributed by atoms with Gasteiger partial charge in [0.25, 0.3) is 5.56 Å². The van der Waals surface area contributed by atoms with Gasteiger partial charge in [-0.05, 0) is 36.4 Å². The van der Waals surface area contributed by atoms with Crippen molar-refractivity contribution >= 4 is 23.4 Å². The predicted octanol–water partition coefficient (Wildman–Crippen LogP) is 2.93. The first-order chi connectivity index (χ1) is 14.4. The Kier molecular flexibility index (Phi) is 5.65. The minimum Gasteiger partial charge on any atom is -0.467 e. The number of hydrogen-bond donors (Lipinski definition) is 0.